The molecule has 0 unspecified atom stereocenters. The summed E-state index contributed by atoms with van der Waals surface area (Å²) in [5.41, 5.74) is 0.797. The van der Waals surface area contributed by atoms with Gasteiger partial charge in [0.1, 0.15) is 0 Å². The Labute approximate surface area is 113 Å². The van der Waals surface area contributed by atoms with Gasteiger partial charge in [0.25, 0.3) is 0 Å². The predicted octanol–water partition coefficient (Wildman–Crippen LogP) is 2.68. The van der Waals surface area contributed by atoms with Crippen LogP contribution >= 0.6 is 11.6 Å². The molecule has 0 atom stereocenters. The highest BCUT2D eigenvalue weighted by molar-refractivity contribution is 6.63. The van der Waals surface area contributed by atoms with Crippen LogP contribution in [0.25, 0.3) is 6.08 Å². The molecule has 2 rings (SSSR count). The zero-order valence-electron chi connectivity index (χ0n) is 11.2. The summed E-state index contributed by atoms with van der Waals surface area (Å²) in [6, 6.07) is 1.81. The fourth-order valence-corrected chi connectivity index (χ4v) is 1.96. The molecule has 3 nitrogen and oxygen atoms in total. The molecule has 5 heteroatoms. The number of nitrogens with zero attached hydrogens (tertiary/aromatic N) is 1. The maximum atomic E-state index is 5.99. The average molecular weight is 266 g/mol. The zero-order valence-corrected chi connectivity index (χ0v) is 11.9. The molecule has 96 valence electrons. The van der Waals surface area contributed by atoms with Crippen LogP contribution in [0.2, 0.25) is 5.02 Å². The Balaban J connectivity index is 2.40. The van der Waals surface area contributed by atoms with Gasteiger partial charge in [-0.15, -0.1) is 0 Å². The van der Waals surface area contributed by atoms with Crippen LogP contribution in [0.5, 0.6) is 0 Å². The van der Waals surface area contributed by atoms with E-state index in [-0.39, 0.29) is 11.2 Å². The molecule has 1 aliphatic heterocycles. The number of rotatable bonds is 2. The smallest absolute Gasteiger partial charge is 0.399 e. The highest BCUT2D eigenvalue weighted by atomic mass is 35.5. The Morgan fingerprint density at radius 2 is 1.83 bits per heavy atom. The van der Waals surface area contributed by atoms with E-state index in [1.165, 1.54) is 0 Å². The predicted molar refractivity (Wildman–Crippen MR) is 75.1 cm³/mol. The van der Waals surface area contributed by atoms with Crippen molar-refractivity contribution in [2.24, 2.45) is 0 Å². The molecule has 0 saturated carbocycles. The molecule has 0 amide bonds. The van der Waals surface area contributed by atoms with Crippen molar-refractivity contribution in [3.63, 3.8) is 0 Å². The van der Waals surface area contributed by atoms with E-state index in [1.54, 1.807) is 12.3 Å². The maximum Gasteiger partial charge on any atom is 0.497 e. The van der Waals surface area contributed by atoms with E-state index in [2.05, 4.69) is 11.6 Å². The fraction of sp³-hybridized carbons (Fsp3) is 0.462. The molecule has 1 aromatic rings. The molecule has 1 aromatic heterocycles. The van der Waals surface area contributed by atoms with Crippen molar-refractivity contribution in [2.45, 2.75) is 38.9 Å². The molecule has 2 heterocycles. The van der Waals surface area contributed by atoms with Crippen LogP contribution in [-0.4, -0.2) is 23.3 Å². The topological polar surface area (TPSA) is 31.4 Å². The molecule has 0 aromatic carbocycles. The average Bonchev–Trinajstić information content (AvgIpc) is 2.48. The summed E-state index contributed by atoms with van der Waals surface area (Å²) in [6.45, 7) is 11.8. The monoisotopic (exact) mass is 265 g/mol. The molecule has 1 aliphatic rings. The zero-order chi connectivity index (χ0) is 13.6. The van der Waals surface area contributed by atoms with Crippen molar-refractivity contribution in [1.82, 2.24) is 4.98 Å². The van der Waals surface area contributed by atoms with Gasteiger partial charge in [-0.3, -0.25) is 4.98 Å². The third-order valence-electron chi connectivity index (χ3n) is 3.62. The summed E-state index contributed by atoms with van der Waals surface area (Å²) in [5.74, 6) is 0. The molecular weight excluding hydrogens is 248 g/mol. The van der Waals surface area contributed by atoms with E-state index in [9.17, 15) is 0 Å². The second kappa shape index (κ2) is 4.37. The molecule has 0 aliphatic carbocycles. The van der Waals surface area contributed by atoms with Gasteiger partial charge in [0.05, 0.1) is 21.9 Å². The van der Waals surface area contributed by atoms with Gasteiger partial charge in [-0.25, -0.2) is 0 Å². The van der Waals surface area contributed by atoms with E-state index in [1.807, 2.05) is 33.8 Å². The minimum Gasteiger partial charge on any atom is -0.399 e. The van der Waals surface area contributed by atoms with Gasteiger partial charge >= 0.3 is 7.12 Å². The third-order valence-corrected chi connectivity index (χ3v) is 3.82. The van der Waals surface area contributed by atoms with E-state index in [0.29, 0.717) is 5.02 Å². The van der Waals surface area contributed by atoms with E-state index < -0.39 is 7.12 Å². The third kappa shape index (κ3) is 2.20. The lowest BCUT2D eigenvalue weighted by Crippen LogP contribution is -2.41. The van der Waals surface area contributed by atoms with Crippen LogP contribution in [0, 0.1) is 0 Å². The number of aromatic nitrogens is 1. The van der Waals surface area contributed by atoms with Crippen molar-refractivity contribution >= 4 is 30.3 Å². The fourth-order valence-electron chi connectivity index (χ4n) is 1.79. The van der Waals surface area contributed by atoms with Crippen molar-refractivity contribution in [3.05, 3.63) is 29.6 Å². The molecule has 1 saturated heterocycles. The van der Waals surface area contributed by atoms with Crippen molar-refractivity contribution in [3.8, 4) is 0 Å². The lowest BCUT2D eigenvalue weighted by molar-refractivity contribution is 0.00578. The largest absolute Gasteiger partial charge is 0.497 e. The Hall–Kier alpha value is -0.835. The summed E-state index contributed by atoms with van der Waals surface area (Å²) in [5, 5.41) is 0.560. The molecule has 0 bridgehead atoms. The number of halogens is 1. The lowest BCUT2D eigenvalue weighted by Gasteiger charge is -2.32. The van der Waals surface area contributed by atoms with Gasteiger partial charge in [0, 0.05) is 11.7 Å². The van der Waals surface area contributed by atoms with Crippen LogP contribution in [0.4, 0.5) is 0 Å². The Bertz CT molecular complexity index is 472. The van der Waals surface area contributed by atoms with Gasteiger partial charge in [0.2, 0.25) is 0 Å². The summed E-state index contributed by atoms with van der Waals surface area (Å²) in [6.07, 6.45) is 3.27. The van der Waals surface area contributed by atoms with Gasteiger partial charge in [-0.05, 0) is 39.8 Å². The summed E-state index contributed by atoms with van der Waals surface area (Å²) in [7, 11) is -0.464. The highest BCUT2D eigenvalue weighted by Gasteiger charge is 2.52. The first-order valence-electron chi connectivity index (χ1n) is 5.90. The minimum absolute atomic E-state index is 0.377. The standard InChI is InChI=1S/C13H17BClNO2/c1-6-11-10(7-9(15)8-16-11)14-17-12(2,3)13(4,5)18-14/h6-8H,1H2,2-5H3. The van der Waals surface area contributed by atoms with Crippen LogP contribution in [-0.2, 0) is 9.31 Å². The second-order valence-electron chi connectivity index (χ2n) is 5.42. The van der Waals surface area contributed by atoms with Gasteiger partial charge < -0.3 is 9.31 Å². The summed E-state index contributed by atoms with van der Waals surface area (Å²) >= 11 is 5.99. The van der Waals surface area contributed by atoms with Crippen molar-refractivity contribution in [1.29, 1.82) is 0 Å². The van der Waals surface area contributed by atoms with Crippen LogP contribution in [0.1, 0.15) is 33.4 Å². The molecule has 0 N–H and O–H groups in total. The number of pyridine rings is 1. The van der Waals surface area contributed by atoms with E-state index in [4.69, 9.17) is 20.9 Å². The lowest BCUT2D eigenvalue weighted by atomic mass is 9.78. The maximum absolute atomic E-state index is 5.99. The normalized spacial score (nSPS) is 21.1. The quantitative estimate of drug-likeness (QED) is 0.771. The number of hydrogen-bond acceptors (Lipinski definition) is 3. The first kappa shape index (κ1) is 13.6. The highest BCUT2D eigenvalue weighted by Crippen LogP contribution is 2.36. The molecule has 0 radical (unpaired) electrons. The molecular formula is C13H17BClNO2. The second-order valence-corrected chi connectivity index (χ2v) is 5.86. The number of hydrogen-bond donors (Lipinski definition) is 0. The molecule has 1 fully saturated rings. The van der Waals surface area contributed by atoms with Gasteiger partial charge in [0.15, 0.2) is 0 Å². The van der Waals surface area contributed by atoms with Crippen molar-refractivity contribution in [2.75, 3.05) is 0 Å². The minimum atomic E-state index is -0.464. The SMILES string of the molecule is C=Cc1ncc(Cl)cc1B1OC(C)(C)C(C)(C)O1. The van der Waals surface area contributed by atoms with Gasteiger partial charge in [-0.1, -0.05) is 18.2 Å². The van der Waals surface area contributed by atoms with E-state index >= 15 is 0 Å². The Kier molecular flexibility index (Phi) is 3.30. The van der Waals surface area contributed by atoms with Crippen LogP contribution < -0.4 is 5.46 Å². The van der Waals surface area contributed by atoms with Crippen LogP contribution in [0.3, 0.4) is 0 Å². The van der Waals surface area contributed by atoms with Crippen LogP contribution in [0.15, 0.2) is 18.8 Å². The van der Waals surface area contributed by atoms with Crippen molar-refractivity contribution < 1.29 is 9.31 Å². The Morgan fingerprint density at radius 3 is 2.33 bits per heavy atom. The Morgan fingerprint density at radius 1 is 1.28 bits per heavy atom. The first-order chi connectivity index (χ1) is 8.27. The van der Waals surface area contributed by atoms with E-state index in [0.717, 1.165) is 11.2 Å². The van der Waals surface area contributed by atoms with Gasteiger partial charge in [-0.2, -0.15) is 0 Å². The summed E-state index contributed by atoms with van der Waals surface area (Å²) < 4.78 is 12.0. The summed E-state index contributed by atoms with van der Waals surface area (Å²) in [4.78, 5) is 4.23. The molecule has 0 spiro atoms. The molecule has 18 heavy (non-hydrogen) atoms. The first-order valence-corrected chi connectivity index (χ1v) is 6.28.